The Morgan fingerprint density at radius 1 is 1.24 bits per heavy atom. The summed E-state index contributed by atoms with van der Waals surface area (Å²) in [5.41, 5.74) is 5.18. The van der Waals surface area contributed by atoms with E-state index >= 15 is 0 Å². The fourth-order valence-corrected chi connectivity index (χ4v) is 3.61. The molecule has 2 unspecified atom stereocenters. The molecule has 1 saturated carbocycles. The lowest BCUT2D eigenvalue weighted by molar-refractivity contribution is -0.141. The predicted octanol–water partition coefficient (Wildman–Crippen LogP) is 2.97. The molecule has 1 aliphatic heterocycles. The van der Waals surface area contributed by atoms with Crippen LogP contribution in [0.5, 0.6) is 0 Å². The lowest BCUT2D eigenvalue weighted by Gasteiger charge is -2.22. The van der Waals surface area contributed by atoms with Gasteiger partial charge >= 0.3 is 6.18 Å². The number of fused-ring (bicyclic) bond motifs is 1. The van der Waals surface area contributed by atoms with Gasteiger partial charge in [-0.15, -0.1) is 0 Å². The molecule has 1 aliphatic carbocycles. The van der Waals surface area contributed by atoms with Gasteiger partial charge in [-0.1, -0.05) is 18.6 Å². The van der Waals surface area contributed by atoms with Crippen LogP contribution in [0.1, 0.15) is 30.5 Å². The van der Waals surface area contributed by atoms with E-state index < -0.39 is 11.9 Å². The molecule has 2 fully saturated rings. The molecule has 0 aromatic carbocycles. The number of halogens is 3. The van der Waals surface area contributed by atoms with Crippen molar-refractivity contribution in [3.05, 3.63) is 23.4 Å². The second-order valence-electron chi connectivity index (χ2n) is 5.79. The Hall–Kier alpha value is -1.37. The SMILES string of the molecule is NC(=S)c1ccc(C(F)(F)F)nc1N1CC2CCCC2C1. The highest BCUT2D eigenvalue weighted by Crippen LogP contribution is 2.40. The number of nitrogens with zero attached hydrogens (tertiary/aromatic N) is 2. The van der Waals surface area contributed by atoms with Gasteiger partial charge in [-0.3, -0.25) is 0 Å². The van der Waals surface area contributed by atoms with E-state index in [2.05, 4.69) is 4.98 Å². The van der Waals surface area contributed by atoms with Gasteiger partial charge in [-0.05, 0) is 36.8 Å². The Labute approximate surface area is 126 Å². The number of alkyl halides is 3. The monoisotopic (exact) mass is 315 g/mol. The Bertz CT molecular complexity index is 561. The predicted molar refractivity (Wildman–Crippen MR) is 78.2 cm³/mol. The summed E-state index contributed by atoms with van der Waals surface area (Å²) in [6, 6.07) is 2.27. The van der Waals surface area contributed by atoms with Crippen LogP contribution < -0.4 is 10.6 Å². The van der Waals surface area contributed by atoms with Crippen molar-refractivity contribution in [1.29, 1.82) is 0 Å². The number of rotatable bonds is 2. The van der Waals surface area contributed by atoms with Gasteiger partial charge in [0, 0.05) is 13.1 Å². The number of hydrogen-bond acceptors (Lipinski definition) is 3. The first-order chi connectivity index (χ1) is 9.86. The first kappa shape index (κ1) is 14.6. The average Bonchev–Trinajstić information content (AvgIpc) is 2.97. The lowest BCUT2D eigenvalue weighted by atomic mass is 10.0. The third-order valence-electron chi connectivity index (χ3n) is 4.46. The minimum atomic E-state index is -4.46. The van der Waals surface area contributed by atoms with Crippen molar-refractivity contribution in [2.45, 2.75) is 25.4 Å². The Morgan fingerprint density at radius 3 is 2.38 bits per heavy atom. The molecule has 2 N–H and O–H groups in total. The fraction of sp³-hybridized carbons (Fsp3) is 0.571. The maximum absolute atomic E-state index is 12.9. The molecule has 0 spiro atoms. The molecule has 0 bridgehead atoms. The molecule has 114 valence electrons. The van der Waals surface area contributed by atoms with Crippen LogP contribution >= 0.6 is 12.2 Å². The summed E-state index contributed by atoms with van der Waals surface area (Å²) in [7, 11) is 0. The number of hydrogen-bond donors (Lipinski definition) is 1. The van der Waals surface area contributed by atoms with Gasteiger partial charge in [0.05, 0.1) is 5.56 Å². The Morgan fingerprint density at radius 2 is 1.86 bits per heavy atom. The van der Waals surface area contributed by atoms with E-state index in [-0.39, 0.29) is 10.8 Å². The third kappa shape index (κ3) is 2.71. The van der Waals surface area contributed by atoms with Crippen LogP contribution in [0.4, 0.5) is 19.0 Å². The van der Waals surface area contributed by atoms with Crippen LogP contribution in [0.25, 0.3) is 0 Å². The quantitative estimate of drug-likeness (QED) is 0.852. The number of thiocarbonyl (C=S) groups is 1. The van der Waals surface area contributed by atoms with Gasteiger partial charge in [-0.25, -0.2) is 4.98 Å². The van der Waals surface area contributed by atoms with Crippen LogP contribution in [0, 0.1) is 11.8 Å². The van der Waals surface area contributed by atoms with E-state index in [1.54, 1.807) is 0 Å². The molecule has 7 heteroatoms. The lowest BCUT2D eigenvalue weighted by Crippen LogP contribution is -2.27. The smallest absolute Gasteiger partial charge is 0.389 e. The van der Waals surface area contributed by atoms with Crippen LogP contribution in [-0.2, 0) is 6.18 Å². The van der Waals surface area contributed by atoms with E-state index in [1.165, 1.54) is 12.5 Å². The molecule has 2 heterocycles. The van der Waals surface area contributed by atoms with Gasteiger partial charge in [0.1, 0.15) is 16.5 Å². The van der Waals surface area contributed by atoms with Crippen molar-refractivity contribution in [3.63, 3.8) is 0 Å². The van der Waals surface area contributed by atoms with Crippen molar-refractivity contribution in [1.82, 2.24) is 4.98 Å². The minimum absolute atomic E-state index is 0.0864. The van der Waals surface area contributed by atoms with Crippen molar-refractivity contribution in [3.8, 4) is 0 Å². The molecule has 3 rings (SSSR count). The molecule has 3 nitrogen and oxygen atoms in total. The van der Waals surface area contributed by atoms with Crippen molar-refractivity contribution in [2.75, 3.05) is 18.0 Å². The summed E-state index contributed by atoms with van der Waals surface area (Å²) in [5.74, 6) is 1.40. The van der Waals surface area contributed by atoms with Gasteiger partial charge in [-0.2, -0.15) is 13.2 Å². The summed E-state index contributed by atoms with van der Waals surface area (Å²) in [5, 5.41) is 0. The molecule has 0 radical (unpaired) electrons. The number of aromatic nitrogens is 1. The van der Waals surface area contributed by atoms with Gasteiger partial charge in [0.25, 0.3) is 0 Å². The average molecular weight is 315 g/mol. The van der Waals surface area contributed by atoms with E-state index in [9.17, 15) is 13.2 Å². The van der Waals surface area contributed by atoms with Crippen LogP contribution in [0.2, 0.25) is 0 Å². The van der Waals surface area contributed by atoms with E-state index in [1.807, 2.05) is 4.90 Å². The van der Waals surface area contributed by atoms with Gasteiger partial charge in [0.2, 0.25) is 0 Å². The summed E-state index contributed by atoms with van der Waals surface area (Å²) in [6.07, 6.45) is -0.967. The van der Waals surface area contributed by atoms with Crippen LogP contribution in [0.15, 0.2) is 12.1 Å². The number of anilines is 1. The maximum Gasteiger partial charge on any atom is 0.433 e. The zero-order valence-electron chi connectivity index (χ0n) is 11.4. The Kier molecular flexibility index (Phi) is 3.55. The van der Waals surface area contributed by atoms with E-state index in [0.717, 1.165) is 32.0 Å². The first-order valence-electron chi connectivity index (χ1n) is 6.99. The Balaban J connectivity index is 1.97. The fourth-order valence-electron chi connectivity index (χ4n) is 3.45. The molecule has 1 aromatic heterocycles. The highest BCUT2D eigenvalue weighted by atomic mass is 32.1. The van der Waals surface area contributed by atoms with Crippen LogP contribution in [-0.4, -0.2) is 23.1 Å². The molecule has 1 saturated heterocycles. The molecule has 2 aliphatic rings. The standard InChI is InChI=1S/C14H16F3N3S/c15-14(16,17)11-5-4-10(12(18)21)13(19-11)20-6-8-2-1-3-9(8)7-20/h4-5,8-9H,1-3,6-7H2,(H2,18,21). The second-order valence-corrected chi connectivity index (χ2v) is 6.23. The van der Waals surface area contributed by atoms with E-state index in [4.69, 9.17) is 18.0 Å². The number of nitrogens with two attached hydrogens (primary N) is 1. The van der Waals surface area contributed by atoms with Crippen molar-refractivity contribution < 1.29 is 13.2 Å². The van der Waals surface area contributed by atoms with Crippen molar-refractivity contribution in [2.24, 2.45) is 17.6 Å². The zero-order chi connectivity index (χ0) is 15.2. The summed E-state index contributed by atoms with van der Waals surface area (Å²) in [4.78, 5) is 5.81. The maximum atomic E-state index is 12.9. The molecule has 1 aromatic rings. The van der Waals surface area contributed by atoms with Crippen molar-refractivity contribution >= 4 is 23.0 Å². The normalized spacial score (nSPS) is 25.2. The van der Waals surface area contributed by atoms with Gasteiger partial charge < -0.3 is 10.6 Å². The summed E-state index contributed by atoms with van der Waals surface area (Å²) in [6.45, 7) is 1.49. The molecule has 21 heavy (non-hydrogen) atoms. The number of pyridine rings is 1. The highest BCUT2D eigenvalue weighted by Gasteiger charge is 2.39. The second kappa shape index (κ2) is 5.12. The van der Waals surface area contributed by atoms with E-state index in [0.29, 0.717) is 17.4 Å². The third-order valence-corrected chi connectivity index (χ3v) is 4.68. The molecule has 0 amide bonds. The molecular weight excluding hydrogens is 299 g/mol. The highest BCUT2D eigenvalue weighted by molar-refractivity contribution is 7.80. The summed E-state index contributed by atoms with van der Waals surface area (Å²) < 4.78 is 38.6. The minimum Gasteiger partial charge on any atom is -0.389 e. The van der Waals surface area contributed by atoms with Gasteiger partial charge in [0.15, 0.2) is 0 Å². The molecular formula is C14H16F3N3S. The largest absolute Gasteiger partial charge is 0.433 e. The summed E-state index contributed by atoms with van der Waals surface area (Å²) >= 11 is 4.95. The van der Waals surface area contributed by atoms with Crippen LogP contribution in [0.3, 0.4) is 0 Å². The zero-order valence-corrected chi connectivity index (χ0v) is 12.2. The topological polar surface area (TPSA) is 42.1 Å². The molecule has 2 atom stereocenters. The first-order valence-corrected chi connectivity index (χ1v) is 7.40.